The van der Waals surface area contributed by atoms with E-state index in [0.29, 0.717) is 12.0 Å². The molecule has 0 N–H and O–H groups in total. The molecule has 0 amide bonds. The molecule has 0 spiro atoms. The number of nitrogens with zero attached hydrogens (tertiary/aromatic N) is 1. The van der Waals surface area contributed by atoms with Gasteiger partial charge in [0.05, 0.1) is 12.3 Å². The van der Waals surface area contributed by atoms with Crippen molar-refractivity contribution in [1.29, 1.82) is 0 Å². The zero-order chi connectivity index (χ0) is 24.3. The van der Waals surface area contributed by atoms with Crippen molar-refractivity contribution in [1.82, 2.24) is 0 Å². The van der Waals surface area contributed by atoms with Crippen LogP contribution in [0.4, 0.5) is 0 Å². The minimum atomic E-state index is 0.0171. The summed E-state index contributed by atoms with van der Waals surface area (Å²) in [5, 5.41) is 1.99. The molecule has 2 aromatic carbocycles. The predicted octanol–water partition coefficient (Wildman–Crippen LogP) is 7.89. The lowest BCUT2D eigenvalue weighted by molar-refractivity contribution is -0.659. The first kappa shape index (κ1) is 19.5. The maximum Gasteiger partial charge on any atom is 0.220 e. The topological polar surface area (TPSA) is 3.88 Å². The van der Waals surface area contributed by atoms with E-state index in [1.807, 2.05) is 11.6 Å². The van der Waals surface area contributed by atoms with E-state index in [0.717, 1.165) is 16.5 Å². The fraction of sp³-hybridized carbons (Fsp3) is 0.500. The highest BCUT2D eigenvalue weighted by molar-refractivity contribution is 5.94. The van der Waals surface area contributed by atoms with Crippen LogP contribution in [-0.4, -0.2) is 0 Å². The van der Waals surface area contributed by atoms with Crippen LogP contribution in [0.5, 0.6) is 0 Å². The summed E-state index contributed by atoms with van der Waals surface area (Å²) < 4.78 is 19.5. The standard InChI is InChI=1S/C30H40N/c1-20-26(18-24(29(2,3)4)19-27(20)30(5,6)7)28-25-14-13-22(21-11-9-10-12-21)17-23(25)15-16-31(28)8/h13-19,21H,9-12H2,1-8H3/q+1/i15D,16D. The summed E-state index contributed by atoms with van der Waals surface area (Å²) in [7, 11) is 1.94. The third kappa shape index (κ3) is 4.16. The number of benzene rings is 2. The number of aromatic nitrogens is 1. The summed E-state index contributed by atoms with van der Waals surface area (Å²) >= 11 is 0. The molecule has 1 saturated carbocycles. The van der Waals surface area contributed by atoms with Crippen molar-refractivity contribution in [3.63, 3.8) is 0 Å². The first-order chi connectivity index (χ1) is 15.3. The highest BCUT2D eigenvalue weighted by Crippen LogP contribution is 2.40. The molecule has 1 aromatic heterocycles. The van der Waals surface area contributed by atoms with E-state index in [9.17, 15) is 0 Å². The monoisotopic (exact) mass is 416 g/mol. The van der Waals surface area contributed by atoms with Crippen molar-refractivity contribution in [2.75, 3.05) is 0 Å². The molecule has 1 aliphatic carbocycles. The summed E-state index contributed by atoms with van der Waals surface area (Å²) in [6.45, 7) is 15.9. The Morgan fingerprint density at radius 2 is 1.61 bits per heavy atom. The minimum absolute atomic E-state index is 0.0171. The van der Waals surface area contributed by atoms with E-state index in [4.69, 9.17) is 2.74 Å². The number of fused-ring (bicyclic) bond motifs is 1. The average molecular weight is 417 g/mol. The van der Waals surface area contributed by atoms with Crippen molar-refractivity contribution in [2.24, 2.45) is 7.05 Å². The van der Waals surface area contributed by atoms with Gasteiger partial charge in [-0.15, -0.1) is 0 Å². The fourth-order valence-corrected chi connectivity index (χ4v) is 5.26. The van der Waals surface area contributed by atoms with E-state index in [2.05, 4.69) is 78.8 Å². The average Bonchev–Trinajstić information content (AvgIpc) is 3.26. The molecule has 1 heteroatoms. The van der Waals surface area contributed by atoms with Crippen LogP contribution in [0, 0.1) is 6.92 Å². The van der Waals surface area contributed by atoms with Crippen LogP contribution in [0.15, 0.2) is 42.5 Å². The Morgan fingerprint density at radius 1 is 0.935 bits per heavy atom. The largest absolute Gasteiger partial charge is 0.220 e. The van der Waals surface area contributed by atoms with E-state index in [1.54, 1.807) is 0 Å². The molecule has 1 heterocycles. The molecule has 3 aromatic rings. The smallest absolute Gasteiger partial charge is 0.200 e. The van der Waals surface area contributed by atoms with Crippen LogP contribution < -0.4 is 4.57 Å². The van der Waals surface area contributed by atoms with E-state index >= 15 is 0 Å². The first-order valence-electron chi connectivity index (χ1n) is 12.9. The van der Waals surface area contributed by atoms with Crippen LogP contribution in [0.2, 0.25) is 0 Å². The molecule has 164 valence electrons. The second-order valence-corrected chi connectivity index (χ2v) is 11.6. The molecular formula is C30H40N+. The van der Waals surface area contributed by atoms with Gasteiger partial charge in [-0.25, -0.2) is 4.57 Å². The van der Waals surface area contributed by atoms with Gasteiger partial charge in [0.1, 0.15) is 8.42 Å². The Morgan fingerprint density at radius 3 is 2.23 bits per heavy atom. The summed E-state index contributed by atoms with van der Waals surface area (Å²) in [6, 6.07) is 11.7. The third-order valence-electron chi connectivity index (χ3n) is 7.16. The van der Waals surface area contributed by atoms with Gasteiger partial charge >= 0.3 is 0 Å². The summed E-state index contributed by atoms with van der Waals surface area (Å²) in [5.74, 6) is 0.596. The Bertz CT molecular complexity index is 1220. The van der Waals surface area contributed by atoms with Gasteiger partial charge in [0.25, 0.3) is 0 Å². The van der Waals surface area contributed by atoms with E-state index < -0.39 is 0 Å². The molecule has 1 aliphatic rings. The Kier molecular flexibility index (Phi) is 4.89. The molecule has 31 heavy (non-hydrogen) atoms. The zero-order valence-electron chi connectivity index (χ0n) is 22.7. The predicted molar refractivity (Wildman–Crippen MR) is 134 cm³/mol. The quantitative estimate of drug-likeness (QED) is 0.374. The van der Waals surface area contributed by atoms with E-state index in [-0.39, 0.29) is 17.0 Å². The molecule has 0 saturated heterocycles. The third-order valence-corrected chi connectivity index (χ3v) is 7.16. The molecule has 0 unspecified atom stereocenters. The molecule has 0 atom stereocenters. The fourth-order valence-electron chi connectivity index (χ4n) is 5.26. The van der Waals surface area contributed by atoms with Crippen molar-refractivity contribution >= 4 is 10.8 Å². The van der Waals surface area contributed by atoms with Crippen molar-refractivity contribution < 1.29 is 7.31 Å². The van der Waals surface area contributed by atoms with Gasteiger partial charge in [-0.05, 0) is 76.3 Å². The Labute approximate surface area is 192 Å². The number of hydrogen-bond donors (Lipinski definition) is 0. The second-order valence-electron chi connectivity index (χ2n) is 11.6. The maximum atomic E-state index is 8.80. The Hall–Kier alpha value is -2.15. The SMILES string of the molecule is [2H]c1c([2H])[n+](C)c(-c2cc(C(C)(C)C)cc(C(C)(C)C)c2C)c2ccc(C3CCCC3)cc12. The highest BCUT2D eigenvalue weighted by Gasteiger charge is 2.27. The van der Waals surface area contributed by atoms with Gasteiger partial charge in [-0.1, -0.05) is 72.6 Å². The molecular weight excluding hydrogens is 374 g/mol. The molecule has 4 rings (SSSR count). The molecule has 1 fully saturated rings. The lowest BCUT2D eigenvalue weighted by atomic mass is 9.76. The number of hydrogen-bond acceptors (Lipinski definition) is 0. The molecule has 0 radical (unpaired) electrons. The molecule has 0 bridgehead atoms. The number of rotatable bonds is 2. The minimum Gasteiger partial charge on any atom is -0.200 e. The van der Waals surface area contributed by atoms with Gasteiger partial charge in [0.2, 0.25) is 5.69 Å². The van der Waals surface area contributed by atoms with Crippen molar-refractivity contribution in [2.45, 2.75) is 90.9 Å². The van der Waals surface area contributed by atoms with Crippen LogP contribution in [0.1, 0.15) is 98.1 Å². The van der Waals surface area contributed by atoms with E-state index in [1.165, 1.54) is 53.5 Å². The normalized spacial score (nSPS) is 16.6. The second kappa shape index (κ2) is 7.76. The van der Waals surface area contributed by atoms with Gasteiger partial charge in [0, 0.05) is 6.04 Å². The van der Waals surface area contributed by atoms with Crippen molar-refractivity contribution in [3.05, 3.63) is 64.8 Å². The van der Waals surface area contributed by atoms with Crippen LogP contribution in [-0.2, 0) is 17.9 Å². The zero-order valence-corrected chi connectivity index (χ0v) is 20.7. The lowest BCUT2D eigenvalue weighted by Crippen LogP contribution is -2.31. The van der Waals surface area contributed by atoms with Crippen molar-refractivity contribution in [3.8, 4) is 11.3 Å². The van der Waals surface area contributed by atoms with Crippen LogP contribution >= 0.6 is 0 Å². The van der Waals surface area contributed by atoms with Crippen LogP contribution in [0.25, 0.3) is 22.0 Å². The highest BCUT2D eigenvalue weighted by atomic mass is 14.9. The lowest BCUT2D eigenvalue weighted by Gasteiger charge is -2.28. The summed E-state index contributed by atoms with van der Waals surface area (Å²) in [5.41, 5.74) is 7.54. The molecule has 0 aliphatic heterocycles. The van der Waals surface area contributed by atoms with Gasteiger partial charge in [0.15, 0.2) is 6.17 Å². The Balaban J connectivity index is 2.07. The van der Waals surface area contributed by atoms with Gasteiger partial charge in [-0.2, -0.15) is 0 Å². The maximum absolute atomic E-state index is 8.80. The molecule has 1 nitrogen and oxygen atoms in total. The summed E-state index contributed by atoms with van der Waals surface area (Å²) in [4.78, 5) is 0. The van der Waals surface area contributed by atoms with Crippen LogP contribution in [0.3, 0.4) is 0 Å². The summed E-state index contributed by atoms with van der Waals surface area (Å²) in [6.07, 6.45) is 5.34. The first-order valence-corrected chi connectivity index (χ1v) is 11.9. The van der Waals surface area contributed by atoms with Gasteiger partial charge < -0.3 is 0 Å². The number of pyridine rings is 1. The van der Waals surface area contributed by atoms with Gasteiger partial charge in [-0.3, -0.25) is 0 Å².